The third kappa shape index (κ3) is 3.40. The lowest BCUT2D eigenvalue weighted by Crippen LogP contribution is -2.49. The first-order valence-electron chi connectivity index (χ1n) is 8.55. The molecule has 1 aromatic rings. The van der Waals surface area contributed by atoms with Crippen LogP contribution in [0.15, 0.2) is 18.2 Å². The van der Waals surface area contributed by atoms with E-state index in [1.807, 2.05) is 4.90 Å². The zero-order valence-electron chi connectivity index (χ0n) is 13.8. The highest BCUT2D eigenvalue weighted by atomic mass is 35.5. The molecule has 2 amide bonds. The number of piperidine rings is 1. The second kappa shape index (κ2) is 6.93. The minimum atomic E-state index is -0.903. The van der Waals surface area contributed by atoms with Gasteiger partial charge in [-0.2, -0.15) is 0 Å². The molecule has 0 aromatic heterocycles. The zero-order chi connectivity index (χ0) is 17.3. The van der Waals surface area contributed by atoms with Crippen LogP contribution in [0.3, 0.4) is 0 Å². The molecule has 6 heteroatoms. The lowest BCUT2D eigenvalue weighted by atomic mass is 9.95. The third-order valence-electron chi connectivity index (χ3n) is 5.07. The molecule has 1 unspecified atom stereocenters. The van der Waals surface area contributed by atoms with E-state index < -0.39 is 5.41 Å². The molecule has 0 radical (unpaired) electrons. The number of rotatable bonds is 4. The van der Waals surface area contributed by atoms with Gasteiger partial charge >= 0.3 is 0 Å². The summed E-state index contributed by atoms with van der Waals surface area (Å²) >= 11 is 11.9. The minimum absolute atomic E-state index is 0.0142. The summed E-state index contributed by atoms with van der Waals surface area (Å²) in [5.74, 6) is -0.258. The summed E-state index contributed by atoms with van der Waals surface area (Å²) in [7, 11) is 0. The minimum Gasteiger partial charge on any atom is -0.339 e. The maximum absolute atomic E-state index is 13.0. The fraction of sp³-hybridized carbons (Fsp3) is 0.556. The van der Waals surface area contributed by atoms with Crippen molar-refractivity contribution in [2.45, 2.75) is 51.5 Å². The van der Waals surface area contributed by atoms with Crippen molar-refractivity contribution in [2.75, 3.05) is 11.9 Å². The van der Waals surface area contributed by atoms with E-state index in [1.54, 1.807) is 18.2 Å². The van der Waals surface area contributed by atoms with Gasteiger partial charge in [-0.1, -0.05) is 30.1 Å². The highest BCUT2D eigenvalue weighted by Gasteiger charge is 2.58. The quantitative estimate of drug-likeness (QED) is 0.795. The monoisotopic (exact) mass is 368 g/mol. The summed E-state index contributed by atoms with van der Waals surface area (Å²) in [6.07, 6.45) is 5.36. The Labute approximate surface area is 152 Å². The van der Waals surface area contributed by atoms with Crippen LogP contribution in [0.2, 0.25) is 10.0 Å². The molecule has 2 aliphatic rings. The first-order chi connectivity index (χ1) is 11.5. The van der Waals surface area contributed by atoms with Crippen LogP contribution in [-0.2, 0) is 9.59 Å². The standard InChI is InChI=1S/C18H22Cl2N2O2/c1-2-15-5-3-4-8-22(15)17(24)18(6-7-18)16(23)21-14-10-12(19)9-13(20)11-14/h9-11,15H,2-8H2,1H3,(H,21,23). The number of hydrogen-bond acceptors (Lipinski definition) is 2. The van der Waals surface area contributed by atoms with Crippen LogP contribution in [0.4, 0.5) is 5.69 Å². The molecule has 4 nitrogen and oxygen atoms in total. The molecule has 2 fully saturated rings. The molecule has 1 saturated heterocycles. The lowest BCUT2D eigenvalue weighted by molar-refractivity contribution is -0.145. The van der Waals surface area contributed by atoms with Gasteiger partial charge < -0.3 is 10.2 Å². The summed E-state index contributed by atoms with van der Waals surface area (Å²) in [6.45, 7) is 2.86. The van der Waals surface area contributed by atoms with Crippen LogP contribution in [0.25, 0.3) is 0 Å². The molecule has 1 saturated carbocycles. The predicted octanol–water partition coefficient (Wildman–Crippen LogP) is 4.50. The molecule has 130 valence electrons. The van der Waals surface area contributed by atoms with E-state index in [0.717, 1.165) is 32.2 Å². The van der Waals surface area contributed by atoms with Gasteiger partial charge in [0.05, 0.1) is 0 Å². The van der Waals surface area contributed by atoms with Crippen LogP contribution in [0.5, 0.6) is 0 Å². The number of anilines is 1. The summed E-state index contributed by atoms with van der Waals surface area (Å²) < 4.78 is 0. The number of halogens is 2. The van der Waals surface area contributed by atoms with Crippen molar-refractivity contribution in [1.82, 2.24) is 4.90 Å². The topological polar surface area (TPSA) is 49.4 Å². The van der Waals surface area contributed by atoms with Gasteiger partial charge in [0.15, 0.2) is 0 Å². The van der Waals surface area contributed by atoms with Crippen LogP contribution in [-0.4, -0.2) is 29.3 Å². The van der Waals surface area contributed by atoms with Crippen molar-refractivity contribution in [3.05, 3.63) is 28.2 Å². The van der Waals surface area contributed by atoms with Crippen molar-refractivity contribution in [1.29, 1.82) is 0 Å². The molecular weight excluding hydrogens is 347 g/mol. The number of hydrogen-bond donors (Lipinski definition) is 1. The molecular formula is C18H22Cl2N2O2. The molecule has 3 rings (SSSR count). The van der Waals surface area contributed by atoms with Gasteiger partial charge in [0.1, 0.15) is 5.41 Å². The predicted molar refractivity (Wildman–Crippen MR) is 96.4 cm³/mol. The van der Waals surface area contributed by atoms with Gasteiger partial charge in [-0.25, -0.2) is 0 Å². The molecule has 1 atom stereocenters. The summed E-state index contributed by atoms with van der Waals surface area (Å²) in [5, 5.41) is 3.73. The number of benzene rings is 1. The van der Waals surface area contributed by atoms with Crippen molar-refractivity contribution < 1.29 is 9.59 Å². The fourth-order valence-corrected chi connectivity index (χ4v) is 4.03. The van der Waals surface area contributed by atoms with Crippen LogP contribution in [0.1, 0.15) is 45.4 Å². The summed E-state index contributed by atoms with van der Waals surface area (Å²) in [5.41, 5.74) is -0.373. The van der Waals surface area contributed by atoms with E-state index in [-0.39, 0.29) is 17.9 Å². The van der Waals surface area contributed by atoms with Crippen molar-refractivity contribution >= 4 is 40.7 Å². The normalized spacial score (nSPS) is 22.1. The van der Waals surface area contributed by atoms with E-state index in [0.29, 0.717) is 28.6 Å². The molecule has 1 aliphatic heterocycles. The Hall–Kier alpha value is -1.26. The smallest absolute Gasteiger partial charge is 0.240 e. The molecule has 0 bridgehead atoms. The Morgan fingerprint density at radius 1 is 1.21 bits per heavy atom. The molecule has 1 aliphatic carbocycles. The Balaban J connectivity index is 1.75. The Morgan fingerprint density at radius 2 is 1.88 bits per heavy atom. The number of nitrogens with one attached hydrogen (secondary N) is 1. The number of carbonyl (C=O) groups excluding carboxylic acids is 2. The maximum atomic E-state index is 13.0. The first kappa shape index (κ1) is 17.6. The van der Waals surface area contributed by atoms with E-state index >= 15 is 0 Å². The van der Waals surface area contributed by atoms with Crippen molar-refractivity contribution in [3.8, 4) is 0 Å². The van der Waals surface area contributed by atoms with Gasteiger partial charge in [-0.15, -0.1) is 0 Å². The summed E-state index contributed by atoms with van der Waals surface area (Å²) in [6, 6.07) is 5.15. The van der Waals surface area contributed by atoms with Crippen LogP contribution >= 0.6 is 23.2 Å². The Morgan fingerprint density at radius 3 is 2.46 bits per heavy atom. The Bertz CT molecular complexity index is 638. The van der Waals surface area contributed by atoms with E-state index in [1.165, 1.54) is 0 Å². The molecule has 24 heavy (non-hydrogen) atoms. The van der Waals surface area contributed by atoms with Gasteiger partial charge in [0, 0.05) is 28.3 Å². The third-order valence-corrected chi connectivity index (χ3v) is 5.51. The van der Waals surface area contributed by atoms with E-state index in [9.17, 15) is 9.59 Å². The SMILES string of the molecule is CCC1CCCCN1C(=O)C1(C(=O)Nc2cc(Cl)cc(Cl)c2)CC1. The average molecular weight is 369 g/mol. The molecule has 0 spiro atoms. The average Bonchev–Trinajstić information content (AvgIpc) is 3.35. The highest BCUT2D eigenvalue weighted by Crippen LogP contribution is 2.49. The van der Waals surface area contributed by atoms with Gasteiger partial charge in [0.25, 0.3) is 0 Å². The van der Waals surface area contributed by atoms with E-state index in [2.05, 4.69) is 12.2 Å². The highest BCUT2D eigenvalue weighted by molar-refractivity contribution is 6.35. The number of carbonyl (C=O) groups is 2. The van der Waals surface area contributed by atoms with Gasteiger partial charge in [-0.3, -0.25) is 9.59 Å². The lowest BCUT2D eigenvalue weighted by Gasteiger charge is -2.37. The van der Waals surface area contributed by atoms with Crippen molar-refractivity contribution in [2.24, 2.45) is 5.41 Å². The van der Waals surface area contributed by atoms with Crippen molar-refractivity contribution in [3.63, 3.8) is 0 Å². The largest absolute Gasteiger partial charge is 0.339 e. The Kier molecular flexibility index (Phi) is 5.07. The zero-order valence-corrected chi connectivity index (χ0v) is 15.3. The van der Waals surface area contributed by atoms with E-state index in [4.69, 9.17) is 23.2 Å². The van der Waals surface area contributed by atoms with Gasteiger partial charge in [-0.05, 0) is 56.7 Å². The second-order valence-electron chi connectivity index (χ2n) is 6.75. The first-order valence-corrected chi connectivity index (χ1v) is 9.30. The molecule has 1 heterocycles. The molecule has 1 N–H and O–H groups in total. The van der Waals surface area contributed by atoms with Crippen LogP contribution < -0.4 is 5.32 Å². The van der Waals surface area contributed by atoms with Gasteiger partial charge in [0.2, 0.25) is 11.8 Å². The molecule has 1 aromatic carbocycles. The second-order valence-corrected chi connectivity index (χ2v) is 7.62. The maximum Gasteiger partial charge on any atom is 0.240 e. The van der Waals surface area contributed by atoms with Crippen LogP contribution in [0, 0.1) is 5.41 Å². The number of likely N-dealkylation sites (tertiary alicyclic amines) is 1. The fourth-order valence-electron chi connectivity index (χ4n) is 3.51. The summed E-state index contributed by atoms with van der Waals surface area (Å²) in [4.78, 5) is 27.7. The number of amides is 2. The number of nitrogens with zero attached hydrogens (tertiary/aromatic N) is 1.